The van der Waals surface area contributed by atoms with Gasteiger partial charge in [0.2, 0.25) is 0 Å². The summed E-state index contributed by atoms with van der Waals surface area (Å²) in [5.74, 6) is 0. The molecule has 4 heterocycles. The van der Waals surface area contributed by atoms with Gasteiger partial charge in [0.1, 0.15) is 0 Å². The smallest absolute Gasteiger partial charge is 0.160 e. The van der Waals surface area contributed by atoms with E-state index in [0.29, 0.717) is 0 Å². The summed E-state index contributed by atoms with van der Waals surface area (Å²) in [5.41, 5.74) is 14.4. The van der Waals surface area contributed by atoms with Crippen LogP contribution in [0.4, 0.5) is 0 Å². The predicted molar refractivity (Wildman–Crippen MR) is 242 cm³/mol. The Bertz CT molecular complexity index is 3790. The lowest BCUT2D eigenvalue weighted by Crippen LogP contribution is -1.95. The molecule has 0 N–H and O–H groups in total. The first-order valence-corrected chi connectivity index (χ1v) is 19.9. The lowest BCUT2D eigenvalue weighted by Gasteiger charge is -2.11. The number of rotatable bonds is 4. The van der Waals surface area contributed by atoms with E-state index < -0.39 is 0 Å². The predicted octanol–water partition coefficient (Wildman–Crippen LogP) is 14.5. The normalized spacial score (nSPS) is 12.1. The molecular formula is C54H33N3O. The van der Waals surface area contributed by atoms with Crippen molar-refractivity contribution >= 4 is 87.4 Å². The molecule has 0 aliphatic rings. The Morgan fingerprint density at radius 3 is 1.29 bits per heavy atom. The SMILES string of the molecule is c1ccc(-n2c3ccccc3c3cc(-c4cccc(-n5c6ccccc6c6ccc7c8ccc9c%10ccccc%10n(-c%10ccccc%10)c9c8oc7c65)c4)ccc32)cc1. The zero-order valence-corrected chi connectivity index (χ0v) is 31.3. The van der Waals surface area contributed by atoms with Gasteiger partial charge >= 0.3 is 0 Å². The van der Waals surface area contributed by atoms with Crippen LogP contribution in [0.2, 0.25) is 0 Å². The van der Waals surface area contributed by atoms with Crippen molar-refractivity contribution < 1.29 is 4.42 Å². The quantitative estimate of drug-likeness (QED) is 0.177. The van der Waals surface area contributed by atoms with Gasteiger partial charge in [-0.3, -0.25) is 0 Å². The van der Waals surface area contributed by atoms with Gasteiger partial charge in [-0.1, -0.05) is 121 Å². The van der Waals surface area contributed by atoms with Crippen LogP contribution < -0.4 is 0 Å². The summed E-state index contributed by atoms with van der Waals surface area (Å²) in [4.78, 5) is 0. The third-order valence-corrected chi connectivity index (χ3v) is 12.2. The van der Waals surface area contributed by atoms with Crippen LogP contribution in [0.1, 0.15) is 0 Å². The van der Waals surface area contributed by atoms with Gasteiger partial charge in [0.25, 0.3) is 0 Å². The largest absolute Gasteiger partial charge is 0.452 e. The molecule has 0 spiro atoms. The summed E-state index contributed by atoms with van der Waals surface area (Å²) in [5, 5.41) is 9.46. The number of nitrogens with zero attached hydrogens (tertiary/aromatic N) is 3. The van der Waals surface area contributed by atoms with E-state index in [2.05, 4.69) is 214 Å². The van der Waals surface area contributed by atoms with Crippen LogP contribution in [0, 0.1) is 0 Å². The number of aromatic nitrogens is 3. The molecule has 0 fully saturated rings. The molecule has 4 nitrogen and oxygen atoms in total. The van der Waals surface area contributed by atoms with Crippen LogP contribution in [-0.2, 0) is 0 Å². The van der Waals surface area contributed by atoms with E-state index in [4.69, 9.17) is 4.42 Å². The first kappa shape index (κ1) is 31.4. The van der Waals surface area contributed by atoms with Gasteiger partial charge in [-0.15, -0.1) is 0 Å². The highest BCUT2D eigenvalue weighted by Crippen LogP contribution is 2.45. The van der Waals surface area contributed by atoms with Gasteiger partial charge in [0, 0.05) is 60.2 Å². The molecule has 0 bridgehead atoms. The van der Waals surface area contributed by atoms with Crippen LogP contribution in [0.15, 0.2) is 205 Å². The summed E-state index contributed by atoms with van der Waals surface area (Å²) >= 11 is 0. The van der Waals surface area contributed by atoms with Crippen molar-refractivity contribution in [3.8, 4) is 28.2 Å². The van der Waals surface area contributed by atoms with Gasteiger partial charge in [0.15, 0.2) is 11.2 Å². The first-order valence-electron chi connectivity index (χ1n) is 19.9. The van der Waals surface area contributed by atoms with Crippen LogP contribution in [0.25, 0.3) is 116 Å². The number of fused-ring (bicyclic) bond motifs is 14. The fraction of sp³-hybridized carbons (Fsp3) is 0. The fourth-order valence-electron chi connectivity index (χ4n) is 9.73. The summed E-state index contributed by atoms with van der Waals surface area (Å²) in [7, 11) is 0. The highest BCUT2D eigenvalue weighted by atomic mass is 16.3. The molecule has 0 aliphatic carbocycles. The van der Waals surface area contributed by atoms with Gasteiger partial charge in [0.05, 0.1) is 33.1 Å². The van der Waals surface area contributed by atoms with Crippen molar-refractivity contribution in [3.63, 3.8) is 0 Å². The van der Waals surface area contributed by atoms with Crippen molar-refractivity contribution in [2.45, 2.75) is 0 Å². The van der Waals surface area contributed by atoms with Gasteiger partial charge in [-0.2, -0.15) is 0 Å². The molecule has 13 rings (SSSR count). The fourth-order valence-corrected chi connectivity index (χ4v) is 9.73. The van der Waals surface area contributed by atoms with Gasteiger partial charge in [-0.05, 0) is 90.0 Å². The molecule has 0 unspecified atom stereocenters. The summed E-state index contributed by atoms with van der Waals surface area (Å²) in [6, 6.07) is 72.3. The molecule has 13 aromatic rings. The minimum absolute atomic E-state index is 0.890. The second-order valence-corrected chi connectivity index (χ2v) is 15.3. The molecule has 0 saturated heterocycles. The van der Waals surface area contributed by atoms with E-state index in [1.807, 2.05) is 0 Å². The minimum Gasteiger partial charge on any atom is -0.452 e. The van der Waals surface area contributed by atoms with Crippen molar-refractivity contribution in [1.82, 2.24) is 13.7 Å². The van der Waals surface area contributed by atoms with E-state index in [9.17, 15) is 0 Å². The van der Waals surface area contributed by atoms with Crippen molar-refractivity contribution in [1.29, 1.82) is 0 Å². The maximum Gasteiger partial charge on any atom is 0.160 e. The monoisotopic (exact) mass is 739 g/mol. The highest BCUT2D eigenvalue weighted by Gasteiger charge is 2.23. The van der Waals surface area contributed by atoms with E-state index in [-0.39, 0.29) is 0 Å². The highest BCUT2D eigenvalue weighted by molar-refractivity contribution is 6.26. The number of furan rings is 1. The molecule has 58 heavy (non-hydrogen) atoms. The molecule has 0 atom stereocenters. The zero-order chi connectivity index (χ0) is 37.9. The molecule has 0 radical (unpaired) electrons. The molecule has 9 aromatic carbocycles. The summed E-state index contributed by atoms with van der Waals surface area (Å²) in [6.07, 6.45) is 0. The lowest BCUT2D eigenvalue weighted by molar-refractivity contribution is 0.673. The topological polar surface area (TPSA) is 27.9 Å². The van der Waals surface area contributed by atoms with Crippen molar-refractivity contribution in [2.24, 2.45) is 0 Å². The molecule has 4 heteroatoms. The zero-order valence-electron chi connectivity index (χ0n) is 31.3. The van der Waals surface area contributed by atoms with E-state index in [1.54, 1.807) is 0 Å². The molecule has 0 aliphatic heterocycles. The Morgan fingerprint density at radius 1 is 0.259 bits per heavy atom. The second-order valence-electron chi connectivity index (χ2n) is 15.3. The molecule has 4 aromatic heterocycles. The average Bonchev–Trinajstić information content (AvgIpc) is 4.03. The Kier molecular flexibility index (Phi) is 6.41. The molecule has 270 valence electrons. The lowest BCUT2D eigenvalue weighted by atomic mass is 10.0. The van der Waals surface area contributed by atoms with E-state index >= 15 is 0 Å². The maximum atomic E-state index is 7.26. The Balaban J connectivity index is 1.06. The number of hydrogen-bond donors (Lipinski definition) is 0. The van der Waals surface area contributed by atoms with E-state index in [1.165, 1.54) is 48.9 Å². The summed E-state index contributed by atoms with van der Waals surface area (Å²) < 4.78 is 14.4. The van der Waals surface area contributed by atoms with Crippen LogP contribution >= 0.6 is 0 Å². The molecular weight excluding hydrogens is 707 g/mol. The molecule has 0 amide bonds. The Labute approximate surface area is 332 Å². The number of hydrogen-bond acceptors (Lipinski definition) is 1. The van der Waals surface area contributed by atoms with Crippen molar-refractivity contribution in [2.75, 3.05) is 0 Å². The third-order valence-electron chi connectivity index (χ3n) is 12.2. The number of para-hydroxylation sites is 5. The van der Waals surface area contributed by atoms with Crippen LogP contribution in [0.3, 0.4) is 0 Å². The standard InChI is InChI=1S/C54H33N3O/c1-3-15-36(16-4-1)55-47-23-10-9-22-41(47)46-33-35(26-31-50(46)55)34-14-13-19-38(32-34)57-49-25-12-8-21-40(49)43-28-30-45-44-29-27-42-39-20-7-11-24-48(39)56(37-17-5-2-6-18-37)51(42)53(44)58-54(45)52(43)57/h1-33H. The first-order chi connectivity index (χ1) is 28.8. The third kappa shape index (κ3) is 4.29. The number of benzene rings is 9. The molecule has 0 saturated carbocycles. The van der Waals surface area contributed by atoms with Crippen LogP contribution in [-0.4, -0.2) is 13.7 Å². The van der Waals surface area contributed by atoms with Gasteiger partial charge < -0.3 is 18.1 Å². The summed E-state index contributed by atoms with van der Waals surface area (Å²) in [6.45, 7) is 0. The second kappa shape index (κ2) is 11.8. The average molecular weight is 740 g/mol. The van der Waals surface area contributed by atoms with Gasteiger partial charge in [-0.25, -0.2) is 0 Å². The van der Waals surface area contributed by atoms with Crippen molar-refractivity contribution in [3.05, 3.63) is 200 Å². The Morgan fingerprint density at radius 2 is 0.690 bits per heavy atom. The van der Waals surface area contributed by atoms with Crippen LogP contribution in [0.5, 0.6) is 0 Å². The Hall–Kier alpha value is -7.82. The minimum atomic E-state index is 0.890. The maximum absolute atomic E-state index is 7.26. The van der Waals surface area contributed by atoms with E-state index in [0.717, 1.165) is 66.6 Å².